The SMILES string of the molecule is CC.Cc1cnc2ccc(N3CC(NC(=O)c4ccc(C#N)cn4)C[C@@H]3c3cccc(F)c3)nn12.[HH]. The molecule has 0 radical (unpaired) electrons. The van der Waals surface area contributed by atoms with Crippen LogP contribution in [0.4, 0.5) is 10.2 Å². The fourth-order valence-corrected chi connectivity index (χ4v) is 4.21. The Morgan fingerprint density at radius 3 is 2.71 bits per heavy atom. The van der Waals surface area contributed by atoms with Gasteiger partial charge >= 0.3 is 0 Å². The fourth-order valence-electron chi connectivity index (χ4n) is 4.21. The van der Waals surface area contributed by atoms with Crippen LogP contribution in [0.25, 0.3) is 5.65 Å². The number of nitrogens with one attached hydrogen (secondary N) is 1. The summed E-state index contributed by atoms with van der Waals surface area (Å²) in [5.74, 6) is 0.0832. The molecule has 0 bridgehead atoms. The second-order valence-electron chi connectivity index (χ2n) is 8.03. The lowest BCUT2D eigenvalue weighted by molar-refractivity contribution is 0.0935. The van der Waals surface area contributed by atoms with Gasteiger partial charge in [0.1, 0.15) is 23.4 Å². The molecule has 1 N–H and O–H groups in total. The number of aromatic nitrogens is 4. The van der Waals surface area contributed by atoms with E-state index in [2.05, 4.69) is 20.2 Å². The first-order valence-electron chi connectivity index (χ1n) is 11.5. The molecule has 5 rings (SSSR count). The van der Waals surface area contributed by atoms with Gasteiger partial charge in [0.25, 0.3) is 5.91 Å². The molecular weight excluding hydrogens is 445 g/mol. The number of hydrogen-bond donors (Lipinski definition) is 1. The number of fused-ring (bicyclic) bond motifs is 1. The first-order chi connectivity index (χ1) is 17.0. The van der Waals surface area contributed by atoms with Crippen molar-refractivity contribution >= 4 is 17.4 Å². The Labute approximate surface area is 204 Å². The molecule has 0 spiro atoms. The topological polar surface area (TPSA) is 99.2 Å². The van der Waals surface area contributed by atoms with Gasteiger partial charge in [0.2, 0.25) is 0 Å². The molecule has 1 fully saturated rings. The first kappa shape index (κ1) is 23.8. The normalized spacial score (nSPS) is 16.9. The highest BCUT2D eigenvalue weighted by Gasteiger charge is 2.35. The highest BCUT2D eigenvalue weighted by Crippen LogP contribution is 2.36. The number of carbonyl (C=O) groups excluding carboxylic acids is 1. The van der Waals surface area contributed by atoms with Crippen LogP contribution in [-0.4, -0.2) is 38.1 Å². The molecule has 2 atom stereocenters. The molecule has 1 amide bonds. The largest absolute Gasteiger partial charge is 0.346 e. The van der Waals surface area contributed by atoms with E-state index < -0.39 is 0 Å². The number of imidazole rings is 1. The lowest BCUT2D eigenvalue weighted by atomic mass is 10.0. The van der Waals surface area contributed by atoms with Crippen LogP contribution in [0.3, 0.4) is 0 Å². The number of halogens is 1. The molecular formula is C26H28FN7O. The molecule has 0 saturated carbocycles. The summed E-state index contributed by atoms with van der Waals surface area (Å²) < 4.78 is 15.8. The molecule has 8 nitrogen and oxygen atoms in total. The number of benzene rings is 1. The van der Waals surface area contributed by atoms with Gasteiger partial charge in [-0.1, -0.05) is 26.0 Å². The van der Waals surface area contributed by atoms with E-state index in [-0.39, 0.29) is 30.9 Å². The fraction of sp³-hybridized carbons (Fsp3) is 0.269. The number of amides is 1. The Hall–Kier alpha value is -4.32. The molecule has 0 aliphatic carbocycles. The molecule has 3 aromatic heterocycles. The lowest BCUT2D eigenvalue weighted by Gasteiger charge is -2.26. The van der Waals surface area contributed by atoms with E-state index in [9.17, 15) is 9.18 Å². The Morgan fingerprint density at radius 1 is 1.17 bits per heavy atom. The Morgan fingerprint density at radius 2 is 2.00 bits per heavy atom. The predicted octanol–water partition coefficient (Wildman–Crippen LogP) is 4.47. The maximum absolute atomic E-state index is 14.0. The van der Waals surface area contributed by atoms with E-state index in [1.807, 2.05) is 45.0 Å². The Kier molecular flexibility index (Phi) is 7.01. The molecule has 4 aromatic rings. The number of hydrogen-bond acceptors (Lipinski definition) is 6. The lowest BCUT2D eigenvalue weighted by Crippen LogP contribution is -2.37. The third-order valence-electron chi connectivity index (χ3n) is 5.81. The number of nitrogens with zero attached hydrogens (tertiary/aromatic N) is 6. The number of aryl methyl sites for hydroxylation is 1. The number of nitriles is 1. The van der Waals surface area contributed by atoms with Crippen molar-refractivity contribution in [3.05, 3.63) is 89.3 Å². The highest BCUT2D eigenvalue weighted by atomic mass is 19.1. The van der Waals surface area contributed by atoms with Gasteiger partial charge in [-0.15, -0.1) is 5.10 Å². The third kappa shape index (κ3) is 4.96. The second-order valence-corrected chi connectivity index (χ2v) is 8.03. The smallest absolute Gasteiger partial charge is 0.270 e. The van der Waals surface area contributed by atoms with Crippen molar-refractivity contribution in [1.29, 1.82) is 5.26 Å². The van der Waals surface area contributed by atoms with Gasteiger partial charge in [0, 0.05) is 20.2 Å². The van der Waals surface area contributed by atoms with Crippen molar-refractivity contribution in [2.45, 2.75) is 39.3 Å². The molecule has 9 heteroatoms. The summed E-state index contributed by atoms with van der Waals surface area (Å²) in [4.78, 5) is 23.2. The van der Waals surface area contributed by atoms with Crippen LogP contribution in [0, 0.1) is 24.1 Å². The van der Waals surface area contributed by atoms with Crippen LogP contribution in [0.1, 0.15) is 55.0 Å². The van der Waals surface area contributed by atoms with E-state index in [1.54, 1.807) is 22.8 Å². The van der Waals surface area contributed by atoms with Crippen molar-refractivity contribution in [3.8, 4) is 6.07 Å². The van der Waals surface area contributed by atoms with Crippen molar-refractivity contribution in [2.24, 2.45) is 0 Å². The number of rotatable bonds is 4. The van der Waals surface area contributed by atoms with Gasteiger partial charge in [0.15, 0.2) is 5.65 Å². The summed E-state index contributed by atoms with van der Waals surface area (Å²) in [6.45, 7) is 6.42. The quantitative estimate of drug-likeness (QED) is 0.470. The summed E-state index contributed by atoms with van der Waals surface area (Å²) in [5, 5.41) is 16.7. The number of anilines is 1. The average Bonchev–Trinajstić information content (AvgIpc) is 3.48. The Bertz CT molecular complexity index is 1380. The second kappa shape index (κ2) is 10.3. The molecule has 1 unspecified atom stereocenters. The van der Waals surface area contributed by atoms with E-state index >= 15 is 0 Å². The zero-order valence-electron chi connectivity index (χ0n) is 19.8. The van der Waals surface area contributed by atoms with Crippen LogP contribution >= 0.6 is 0 Å². The van der Waals surface area contributed by atoms with E-state index in [0.717, 1.165) is 16.9 Å². The Balaban J connectivity index is 0.00000117. The standard InChI is InChI=1S/C24H20FN7O.C2H6.H2/c1-15-12-28-22-7-8-23(30-32(15)22)31-14-19(10-21(31)17-3-2-4-18(25)9-17)29-24(33)20-6-5-16(11-26)13-27-20;1-2;/h2-9,12-13,19,21H,10,14H2,1H3,(H,29,33);1-2H3;1H/t19?,21-;;/m1../s1. The minimum Gasteiger partial charge on any atom is -0.346 e. The van der Waals surface area contributed by atoms with E-state index in [1.165, 1.54) is 24.4 Å². The first-order valence-corrected chi connectivity index (χ1v) is 11.5. The highest BCUT2D eigenvalue weighted by molar-refractivity contribution is 5.92. The monoisotopic (exact) mass is 473 g/mol. The minimum absolute atomic E-state index is 0. The predicted molar refractivity (Wildman–Crippen MR) is 132 cm³/mol. The maximum atomic E-state index is 14.0. The maximum Gasteiger partial charge on any atom is 0.270 e. The zero-order chi connectivity index (χ0) is 24.9. The van der Waals surface area contributed by atoms with E-state index in [0.29, 0.717) is 24.3 Å². The van der Waals surface area contributed by atoms with E-state index in [4.69, 9.17) is 10.4 Å². The molecule has 1 aliphatic rings. The minimum atomic E-state index is -0.321. The van der Waals surface area contributed by atoms with Gasteiger partial charge in [0.05, 0.1) is 23.5 Å². The van der Waals surface area contributed by atoms with Gasteiger partial charge in [-0.25, -0.2) is 18.9 Å². The molecule has 35 heavy (non-hydrogen) atoms. The molecule has 1 saturated heterocycles. The van der Waals surface area contributed by atoms with Crippen molar-refractivity contribution in [2.75, 3.05) is 11.4 Å². The summed E-state index contributed by atoms with van der Waals surface area (Å²) >= 11 is 0. The van der Waals surface area contributed by atoms with Gasteiger partial charge < -0.3 is 10.2 Å². The summed E-state index contributed by atoms with van der Waals surface area (Å²) in [7, 11) is 0. The molecule has 180 valence electrons. The van der Waals surface area contributed by atoms with Crippen LogP contribution < -0.4 is 10.2 Å². The van der Waals surface area contributed by atoms with Crippen LogP contribution in [0.2, 0.25) is 0 Å². The van der Waals surface area contributed by atoms with Crippen LogP contribution in [0.5, 0.6) is 0 Å². The third-order valence-corrected chi connectivity index (χ3v) is 5.81. The summed E-state index contributed by atoms with van der Waals surface area (Å²) in [6, 6.07) is 15.0. The summed E-state index contributed by atoms with van der Waals surface area (Å²) in [6.07, 6.45) is 3.71. The van der Waals surface area contributed by atoms with Gasteiger partial charge in [-0.2, -0.15) is 5.26 Å². The van der Waals surface area contributed by atoms with Crippen molar-refractivity contribution < 1.29 is 10.6 Å². The molecule has 4 heterocycles. The van der Waals surface area contributed by atoms with Crippen LogP contribution in [0.15, 0.2) is 60.9 Å². The summed E-state index contributed by atoms with van der Waals surface area (Å²) in [5.41, 5.74) is 3.09. The van der Waals surface area contributed by atoms with Crippen LogP contribution in [-0.2, 0) is 0 Å². The molecule has 1 aromatic carbocycles. The molecule has 1 aliphatic heterocycles. The van der Waals surface area contributed by atoms with Gasteiger partial charge in [-0.3, -0.25) is 4.79 Å². The van der Waals surface area contributed by atoms with Crippen molar-refractivity contribution in [1.82, 2.24) is 24.9 Å². The number of carbonyl (C=O) groups is 1. The van der Waals surface area contributed by atoms with Crippen molar-refractivity contribution in [3.63, 3.8) is 0 Å². The zero-order valence-corrected chi connectivity index (χ0v) is 19.8. The average molecular weight is 474 g/mol. The van der Waals surface area contributed by atoms with Gasteiger partial charge in [-0.05, 0) is 55.3 Å². The number of pyridine rings is 1.